The van der Waals surface area contributed by atoms with Crippen LogP contribution in [0, 0.1) is 0 Å². The lowest BCUT2D eigenvalue weighted by Crippen LogP contribution is -2.29. The van der Waals surface area contributed by atoms with Crippen molar-refractivity contribution >= 4 is 23.1 Å². The molecule has 1 aliphatic heterocycles. The van der Waals surface area contributed by atoms with Gasteiger partial charge < -0.3 is 15.5 Å². The maximum absolute atomic E-state index is 14.0. The Morgan fingerprint density at radius 1 is 1.20 bits per heavy atom. The zero-order valence-corrected chi connectivity index (χ0v) is 16.2. The smallest absolute Gasteiger partial charge is 0.273 e. The molecule has 1 amide bonds. The van der Waals surface area contributed by atoms with Crippen LogP contribution in [0.4, 0.5) is 20.4 Å². The average molecular weight is 410 g/mol. The van der Waals surface area contributed by atoms with E-state index in [1.54, 1.807) is 0 Å². The number of aromatic nitrogens is 1. The number of piperidine rings is 1. The quantitative estimate of drug-likeness (QED) is 0.692. The first-order valence-electron chi connectivity index (χ1n) is 9.68. The van der Waals surface area contributed by atoms with Crippen molar-refractivity contribution in [1.82, 2.24) is 9.88 Å². The van der Waals surface area contributed by atoms with Crippen molar-refractivity contribution < 1.29 is 18.0 Å². The van der Waals surface area contributed by atoms with Crippen molar-refractivity contribution in [2.75, 3.05) is 18.4 Å². The molecule has 0 atom stereocenters. The molecule has 2 aromatic rings. The van der Waals surface area contributed by atoms with E-state index in [-0.39, 0.29) is 11.6 Å². The molecule has 0 saturated carbocycles. The molecule has 1 saturated heterocycles. The summed E-state index contributed by atoms with van der Waals surface area (Å²) in [5.74, 6) is -3.35. The number of rotatable bonds is 6. The van der Waals surface area contributed by atoms with Gasteiger partial charge >= 0.3 is 0 Å². The van der Waals surface area contributed by atoms with E-state index >= 15 is 0 Å². The number of carbonyl (C=O) groups excluding carboxylic acids is 1. The van der Waals surface area contributed by atoms with Crippen LogP contribution in [-0.4, -0.2) is 28.9 Å². The van der Waals surface area contributed by atoms with E-state index in [0.717, 1.165) is 31.3 Å². The summed E-state index contributed by atoms with van der Waals surface area (Å²) in [7, 11) is 0. The molecule has 1 fully saturated rings. The molecule has 1 aliphatic carbocycles. The summed E-state index contributed by atoms with van der Waals surface area (Å²) in [4.78, 5) is 18.0. The van der Waals surface area contributed by atoms with Gasteiger partial charge in [-0.05, 0) is 49.4 Å². The number of hydrogen-bond acceptors (Lipinski definition) is 5. The minimum atomic E-state index is -1.03. The Bertz CT molecular complexity index is 1100. The normalized spacial score (nSPS) is 16.7. The summed E-state index contributed by atoms with van der Waals surface area (Å²) in [6.45, 7) is 3.08. The molecule has 0 spiro atoms. The number of anilines is 2. The summed E-state index contributed by atoms with van der Waals surface area (Å²) in [5.41, 5.74) is 10.7. The number of hydrogen-bond donors (Lipinski definition) is 2. The van der Waals surface area contributed by atoms with Gasteiger partial charge in [-0.2, -0.15) is 4.39 Å². The molecule has 2 heterocycles. The van der Waals surface area contributed by atoms with Crippen molar-refractivity contribution in [3.8, 4) is 0 Å². The lowest BCUT2D eigenvalue weighted by Gasteiger charge is -2.26. The predicted molar refractivity (Wildman–Crippen MR) is 108 cm³/mol. The van der Waals surface area contributed by atoms with E-state index in [9.17, 15) is 13.6 Å². The number of benzene rings is 1. The largest absolute Gasteiger partial charge is 0.419 e. The molecule has 3 N–H and O–H groups in total. The molecule has 154 valence electrons. The maximum atomic E-state index is 14.0. The average Bonchev–Trinajstić information content (AvgIpc) is 3.14. The summed E-state index contributed by atoms with van der Waals surface area (Å²) < 4.78 is 33.4. The summed E-state index contributed by atoms with van der Waals surface area (Å²) in [6.07, 6.45) is 4.64. The Hall–Kier alpha value is -3.44. The van der Waals surface area contributed by atoms with Crippen molar-refractivity contribution in [3.05, 3.63) is 70.6 Å². The number of primary amides is 1. The van der Waals surface area contributed by atoms with E-state index in [1.165, 1.54) is 19.3 Å². The summed E-state index contributed by atoms with van der Waals surface area (Å²) >= 11 is 0. The maximum Gasteiger partial charge on any atom is 0.273 e. The van der Waals surface area contributed by atoms with E-state index in [0.29, 0.717) is 5.69 Å². The molecule has 8 heteroatoms. The van der Waals surface area contributed by atoms with Gasteiger partial charge in [0, 0.05) is 18.3 Å². The Morgan fingerprint density at radius 3 is 2.60 bits per heavy atom. The van der Waals surface area contributed by atoms with Crippen LogP contribution in [0.2, 0.25) is 0 Å². The first kappa shape index (κ1) is 19.9. The van der Waals surface area contributed by atoms with Gasteiger partial charge in [0.15, 0.2) is 11.5 Å². The van der Waals surface area contributed by atoms with Gasteiger partial charge in [0.2, 0.25) is 11.8 Å². The predicted octanol–water partition coefficient (Wildman–Crippen LogP) is 4.36. The molecular weight excluding hydrogens is 390 g/mol. The van der Waals surface area contributed by atoms with E-state index in [2.05, 4.69) is 26.7 Å². The number of nitrogens with one attached hydrogen (secondary N) is 1. The summed E-state index contributed by atoms with van der Waals surface area (Å²) in [6, 6.07) is 7.61. The molecule has 6 nitrogen and oxygen atoms in total. The van der Waals surface area contributed by atoms with Crippen LogP contribution in [0.5, 0.6) is 0 Å². The summed E-state index contributed by atoms with van der Waals surface area (Å²) in [5, 5.41) is 2.91. The number of carbonyl (C=O) groups is 1. The van der Waals surface area contributed by atoms with Crippen molar-refractivity contribution in [2.45, 2.75) is 25.8 Å². The Kier molecular flexibility index (Phi) is 5.63. The number of allylic oxidation sites excluding steroid dienone is 4. The molecular formula is C22H20F2N4O2. The second-order valence-corrected chi connectivity index (χ2v) is 7.17. The molecule has 2 aliphatic rings. The SMILES string of the molecule is NC(=O)c1nc(C2=C(F)C=C=C=C2F)oc1Nc1ccc(CN2CCCCC2)cc1. The molecule has 0 unspecified atom stereocenters. The highest BCUT2D eigenvalue weighted by Gasteiger charge is 2.25. The number of oxazole rings is 1. The molecule has 0 radical (unpaired) electrons. The van der Waals surface area contributed by atoms with Crippen LogP contribution < -0.4 is 11.1 Å². The number of nitrogens with two attached hydrogens (primary N) is 1. The van der Waals surface area contributed by atoms with Crippen molar-refractivity contribution in [3.63, 3.8) is 0 Å². The van der Waals surface area contributed by atoms with Crippen LogP contribution in [-0.2, 0) is 6.54 Å². The second kappa shape index (κ2) is 8.51. The number of halogens is 2. The highest BCUT2D eigenvalue weighted by atomic mass is 19.1. The van der Waals surface area contributed by atoms with Crippen LogP contribution in [0.3, 0.4) is 0 Å². The van der Waals surface area contributed by atoms with E-state index in [1.807, 2.05) is 24.3 Å². The van der Waals surface area contributed by atoms with Crippen LogP contribution in [0.25, 0.3) is 5.57 Å². The van der Waals surface area contributed by atoms with Crippen LogP contribution in [0.15, 0.2) is 57.9 Å². The van der Waals surface area contributed by atoms with Gasteiger partial charge in [-0.25, -0.2) is 9.37 Å². The monoisotopic (exact) mass is 410 g/mol. The fourth-order valence-electron chi connectivity index (χ4n) is 3.48. The second-order valence-electron chi connectivity index (χ2n) is 7.17. The molecule has 1 aromatic heterocycles. The number of amides is 1. The van der Waals surface area contributed by atoms with Crippen molar-refractivity contribution in [2.24, 2.45) is 5.73 Å². The molecule has 30 heavy (non-hydrogen) atoms. The lowest BCUT2D eigenvalue weighted by atomic mass is 10.1. The third-order valence-electron chi connectivity index (χ3n) is 4.98. The van der Waals surface area contributed by atoms with Gasteiger partial charge in [0.1, 0.15) is 11.4 Å². The van der Waals surface area contributed by atoms with Crippen LogP contribution >= 0.6 is 0 Å². The first-order valence-corrected chi connectivity index (χ1v) is 9.68. The van der Waals surface area contributed by atoms with Crippen molar-refractivity contribution in [1.29, 1.82) is 0 Å². The number of likely N-dealkylation sites (tertiary alicyclic amines) is 1. The number of nitrogens with zero attached hydrogens (tertiary/aromatic N) is 2. The Labute approximate surface area is 172 Å². The van der Waals surface area contributed by atoms with Crippen LogP contribution in [0.1, 0.15) is 41.2 Å². The highest BCUT2D eigenvalue weighted by Crippen LogP contribution is 2.33. The topological polar surface area (TPSA) is 84.4 Å². The highest BCUT2D eigenvalue weighted by molar-refractivity contribution is 5.96. The Morgan fingerprint density at radius 2 is 1.93 bits per heavy atom. The van der Waals surface area contributed by atoms with E-state index in [4.69, 9.17) is 10.2 Å². The lowest BCUT2D eigenvalue weighted by molar-refractivity contribution is 0.0996. The first-order chi connectivity index (χ1) is 14.5. The standard InChI is InChI=1S/C22H20F2N4O2/c23-16-5-4-6-17(24)18(16)21-27-19(20(25)29)22(30-21)26-15-9-7-14(8-10-15)13-28-11-2-1-3-12-28/h5,7-10,26H,1-3,11-13H2,(H2,25,29). The van der Waals surface area contributed by atoms with Gasteiger partial charge in [0.05, 0.1) is 0 Å². The molecule has 4 rings (SSSR count). The minimum absolute atomic E-state index is 0.0899. The Balaban J connectivity index is 1.54. The van der Waals surface area contributed by atoms with Gasteiger partial charge in [0.25, 0.3) is 5.91 Å². The van der Waals surface area contributed by atoms with E-state index < -0.39 is 29.0 Å². The fraction of sp³-hybridized carbons (Fsp3) is 0.273. The fourth-order valence-corrected chi connectivity index (χ4v) is 3.48. The molecule has 1 aromatic carbocycles. The zero-order chi connectivity index (χ0) is 21.1. The van der Waals surface area contributed by atoms with Gasteiger partial charge in [-0.3, -0.25) is 9.69 Å². The minimum Gasteiger partial charge on any atom is -0.419 e. The third kappa shape index (κ3) is 4.26. The van der Waals surface area contributed by atoms with Gasteiger partial charge in [-0.1, -0.05) is 24.3 Å². The van der Waals surface area contributed by atoms with Gasteiger partial charge in [-0.15, -0.1) is 0 Å². The zero-order valence-electron chi connectivity index (χ0n) is 16.2. The molecule has 0 bridgehead atoms. The third-order valence-corrected chi connectivity index (χ3v) is 4.98.